The van der Waals surface area contributed by atoms with Gasteiger partial charge in [0.05, 0.1) is 0 Å². The summed E-state index contributed by atoms with van der Waals surface area (Å²) < 4.78 is 5.00. The van der Waals surface area contributed by atoms with Crippen molar-refractivity contribution >= 4 is 11.6 Å². The average molecular weight is 242 g/mol. The first-order valence-electron chi connectivity index (χ1n) is 5.77. The van der Waals surface area contributed by atoms with Gasteiger partial charge in [0.15, 0.2) is 0 Å². The molecule has 0 saturated carbocycles. The van der Waals surface area contributed by atoms with Crippen LogP contribution in [-0.4, -0.2) is 20.3 Å². The van der Waals surface area contributed by atoms with Crippen molar-refractivity contribution in [2.24, 2.45) is 0 Å². The van der Waals surface area contributed by atoms with Crippen molar-refractivity contribution in [2.75, 3.05) is 20.3 Å². The second-order valence-corrected chi connectivity index (χ2v) is 4.29. The Morgan fingerprint density at radius 2 is 1.88 bits per heavy atom. The van der Waals surface area contributed by atoms with Gasteiger partial charge in [0.1, 0.15) is 0 Å². The third-order valence-electron chi connectivity index (χ3n) is 2.44. The number of halogens is 1. The van der Waals surface area contributed by atoms with Crippen molar-refractivity contribution in [2.45, 2.75) is 25.8 Å². The number of methoxy groups -OCH3 is 1. The van der Waals surface area contributed by atoms with Crippen LogP contribution in [0, 0.1) is 0 Å². The van der Waals surface area contributed by atoms with Crippen molar-refractivity contribution in [3.8, 4) is 0 Å². The maximum atomic E-state index is 5.81. The summed E-state index contributed by atoms with van der Waals surface area (Å²) >= 11 is 5.81. The summed E-state index contributed by atoms with van der Waals surface area (Å²) in [7, 11) is 1.75. The van der Waals surface area contributed by atoms with E-state index >= 15 is 0 Å². The van der Waals surface area contributed by atoms with Gasteiger partial charge in [0.2, 0.25) is 0 Å². The van der Waals surface area contributed by atoms with E-state index in [0.717, 1.165) is 31.1 Å². The highest BCUT2D eigenvalue weighted by Crippen LogP contribution is 2.09. The van der Waals surface area contributed by atoms with Crippen LogP contribution in [0.1, 0.15) is 24.8 Å². The fourth-order valence-corrected chi connectivity index (χ4v) is 1.63. The first-order valence-corrected chi connectivity index (χ1v) is 6.15. The van der Waals surface area contributed by atoms with E-state index in [0.29, 0.717) is 0 Å². The lowest BCUT2D eigenvalue weighted by molar-refractivity contribution is 0.192. The molecule has 2 nitrogen and oxygen atoms in total. The summed E-state index contributed by atoms with van der Waals surface area (Å²) in [6.07, 6.45) is 3.58. The van der Waals surface area contributed by atoms with Gasteiger partial charge in [-0.25, -0.2) is 0 Å². The van der Waals surface area contributed by atoms with E-state index in [4.69, 9.17) is 16.3 Å². The maximum Gasteiger partial charge on any atom is 0.0462 e. The van der Waals surface area contributed by atoms with Crippen molar-refractivity contribution in [3.63, 3.8) is 0 Å². The minimum Gasteiger partial charge on any atom is -0.385 e. The number of ether oxygens (including phenoxy) is 1. The quantitative estimate of drug-likeness (QED) is 0.706. The highest BCUT2D eigenvalue weighted by Gasteiger charge is 1.93. The molecule has 0 fully saturated rings. The number of hydrogen-bond donors (Lipinski definition) is 1. The summed E-state index contributed by atoms with van der Waals surface area (Å²) in [4.78, 5) is 0. The molecule has 0 bridgehead atoms. The smallest absolute Gasteiger partial charge is 0.0462 e. The molecule has 1 rings (SSSR count). The standard InChI is InChI=1S/C13H20ClNO/c1-16-10-4-2-3-9-15-11-12-5-7-13(14)8-6-12/h5-8,15H,2-4,9-11H2,1H3. The number of nitrogens with one attached hydrogen (secondary N) is 1. The van der Waals surface area contributed by atoms with Gasteiger partial charge in [0, 0.05) is 25.3 Å². The summed E-state index contributed by atoms with van der Waals surface area (Å²) in [5, 5.41) is 4.21. The van der Waals surface area contributed by atoms with Crippen LogP contribution in [0.3, 0.4) is 0 Å². The molecule has 16 heavy (non-hydrogen) atoms. The Morgan fingerprint density at radius 3 is 2.56 bits per heavy atom. The molecule has 0 aliphatic rings. The fourth-order valence-electron chi connectivity index (χ4n) is 1.51. The zero-order valence-corrected chi connectivity index (χ0v) is 10.6. The topological polar surface area (TPSA) is 21.3 Å². The molecular weight excluding hydrogens is 222 g/mol. The van der Waals surface area contributed by atoms with E-state index < -0.39 is 0 Å². The Bertz CT molecular complexity index is 274. The molecule has 0 saturated heterocycles. The van der Waals surface area contributed by atoms with Crippen molar-refractivity contribution < 1.29 is 4.74 Å². The Morgan fingerprint density at radius 1 is 1.12 bits per heavy atom. The van der Waals surface area contributed by atoms with E-state index in [-0.39, 0.29) is 0 Å². The third-order valence-corrected chi connectivity index (χ3v) is 2.70. The summed E-state index contributed by atoms with van der Waals surface area (Å²) in [6, 6.07) is 7.97. The predicted octanol–water partition coefficient (Wildman–Crippen LogP) is 3.25. The second-order valence-electron chi connectivity index (χ2n) is 3.86. The molecule has 0 radical (unpaired) electrons. The largest absolute Gasteiger partial charge is 0.385 e. The van der Waals surface area contributed by atoms with E-state index in [1.165, 1.54) is 18.4 Å². The molecule has 90 valence electrons. The van der Waals surface area contributed by atoms with Gasteiger partial charge in [-0.15, -0.1) is 0 Å². The zero-order valence-electron chi connectivity index (χ0n) is 9.84. The van der Waals surface area contributed by atoms with Gasteiger partial charge in [-0.3, -0.25) is 0 Å². The minimum atomic E-state index is 0.795. The highest BCUT2D eigenvalue weighted by atomic mass is 35.5. The van der Waals surface area contributed by atoms with Crippen molar-refractivity contribution in [1.29, 1.82) is 0 Å². The molecule has 1 aromatic carbocycles. The van der Waals surface area contributed by atoms with Gasteiger partial charge in [-0.05, 0) is 43.5 Å². The molecule has 0 unspecified atom stereocenters. The van der Waals surface area contributed by atoms with Crippen molar-refractivity contribution in [3.05, 3.63) is 34.9 Å². The zero-order chi connectivity index (χ0) is 11.6. The monoisotopic (exact) mass is 241 g/mol. The summed E-state index contributed by atoms with van der Waals surface area (Å²) in [5.41, 5.74) is 1.28. The van der Waals surface area contributed by atoms with Gasteiger partial charge < -0.3 is 10.1 Å². The maximum absolute atomic E-state index is 5.81. The molecular formula is C13H20ClNO. The first-order chi connectivity index (χ1) is 7.83. The number of benzene rings is 1. The minimum absolute atomic E-state index is 0.795. The van der Waals surface area contributed by atoms with Gasteiger partial charge in [0.25, 0.3) is 0 Å². The van der Waals surface area contributed by atoms with Crippen LogP contribution in [0.2, 0.25) is 5.02 Å². The van der Waals surface area contributed by atoms with E-state index in [1.54, 1.807) is 7.11 Å². The fraction of sp³-hybridized carbons (Fsp3) is 0.538. The van der Waals surface area contributed by atoms with Crippen LogP contribution in [-0.2, 0) is 11.3 Å². The Labute approximate surface area is 103 Å². The lowest BCUT2D eigenvalue weighted by Gasteiger charge is -2.05. The molecule has 3 heteroatoms. The predicted molar refractivity (Wildman–Crippen MR) is 68.9 cm³/mol. The van der Waals surface area contributed by atoms with Crippen LogP contribution in [0.15, 0.2) is 24.3 Å². The first kappa shape index (κ1) is 13.5. The summed E-state index contributed by atoms with van der Waals surface area (Å²) in [5.74, 6) is 0. The average Bonchev–Trinajstić information content (AvgIpc) is 2.30. The van der Waals surface area contributed by atoms with Crippen molar-refractivity contribution in [1.82, 2.24) is 5.32 Å². The van der Waals surface area contributed by atoms with E-state index in [2.05, 4.69) is 17.4 Å². The summed E-state index contributed by atoms with van der Waals surface area (Å²) in [6.45, 7) is 2.85. The third kappa shape index (κ3) is 6.11. The molecule has 1 aromatic rings. The van der Waals surface area contributed by atoms with E-state index in [9.17, 15) is 0 Å². The van der Waals surface area contributed by atoms with Crippen LogP contribution in [0.4, 0.5) is 0 Å². The number of unbranched alkanes of at least 4 members (excludes halogenated alkanes) is 2. The molecule has 0 amide bonds. The SMILES string of the molecule is COCCCCCNCc1ccc(Cl)cc1. The normalized spacial score (nSPS) is 10.6. The molecule has 1 N–H and O–H groups in total. The van der Waals surface area contributed by atoms with Crippen LogP contribution < -0.4 is 5.32 Å². The molecule has 0 heterocycles. The van der Waals surface area contributed by atoms with Crippen LogP contribution >= 0.6 is 11.6 Å². The lowest BCUT2D eigenvalue weighted by atomic mass is 10.2. The number of rotatable bonds is 8. The van der Waals surface area contributed by atoms with Crippen LogP contribution in [0.25, 0.3) is 0 Å². The van der Waals surface area contributed by atoms with Crippen LogP contribution in [0.5, 0.6) is 0 Å². The Balaban J connectivity index is 2.01. The molecule has 0 aliphatic carbocycles. The van der Waals surface area contributed by atoms with Gasteiger partial charge >= 0.3 is 0 Å². The Kier molecular flexibility index (Phi) is 7.23. The Hall–Kier alpha value is -0.570. The second kappa shape index (κ2) is 8.57. The molecule has 0 aliphatic heterocycles. The lowest BCUT2D eigenvalue weighted by Crippen LogP contribution is -2.14. The highest BCUT2D eigenvalue weighted by molar-refractivity contribution is 6.30. The van der Waals surface area contributed by atoms with Gasteiger partial charge in [-0.2, -0.15) is 0 Å². The van der Waals surface area contributed by atoms with Gasteiger partial charge in [-0.1, -0.05) is 23.7 Å². The molecule has 0 atom stereocenters. The van der Waals surface area contributed by atoms with E-state index in [1.807, 2.05) is 12.1 Å². The number of hydrogen-bond acceptors (Lipinski definition) is 2. The molecule has 0 spiro atoms. The molecule has 0 aromatic heterocycles.